The van der Waals surface area contributed by atoms with E-state index in [2.05, 4.69) is 33.1 Å². The third kappa shape index (κ3) is 6.35. The van der Waals surface area contributed by atoms with Gasteiger partial charge in [0, 0.05) is 38.3 Å². The SMILES string of the molecule is CC(C)(C)OC(=O)N1CCN(CCOc2ccc(-c3nc4c(C5(C#N)CC5)ncnc4n3Cc3ccccc3)c(Cl)c2)CC1. The van der Waals surface area contributed by atoms with Gasteiger partial charge in [-0.1, -0.05) is 41.9 Å². The monoisotopic (exact) mass is 613 g/mol. The molecule has 4 aromatic rings. The zero-order valence-corrected chi connectivity index (χ0v) is 26.0. The second-order valence-electron chi connectivity index (χ2n) is 12.4. The van der Waals surface area contributed by atoms with Gasteiger partial charge >= 0.3 is 6.09 Å². The fourth-order valence-corrected chi connectivity index (χ4v) is 5.73. The van der Waals surface area contributed by atoms with Crippen molar-refractivity contribution in [2.45, 2.75) is 51.2 Å². The maximum atomic E-state index is 12.3. The van der Waals surface area contributed by atoms with Crippen LogP contribution in [0.5, 0.6) is 5.75 Å². The molecular weight excluding hydrogens is 578 g/mol. The lowest BCUT2D eigenvalue weighted by atomic mass is 10.0. The number of nitriles is 1. The number of fused-ring (bicyclic) bond motifs is 1. The largest absolute Gasteiger partial charge is 0.492 e. The van der Waals surface area contributed by atoms with E-state index in [1.54, 1.807) is 4.90 Å². The van der Waals surface area contributed by atoms with Crippen molar-refractivity contribution >= 4 is 28.9 Å². The van der Waals surface area contributed by atoms with Gasteiger partial charge in [0.05, 0.1) is 23.3 Å². The predicted molar refractivity (Wildman–Crippen MR) is 168 cm³/mol. The normalized spacial score (nSPS) is 16.5. The number of carbonyl (C=O) groups is 1. The van der Waals surface area contributed by atoms with Gasteiger partial charge < -0.3 is 18.9 Å². The first-order valence-corrected chi connectivity index (χ1v) is 15.3. The van der Waals surface area contributed by atoms with Crippen molar-refractivity contribution in [3.8, 4) is 23.2 Å². The number of amides is 1. The molecule has 1 saturated carbocycles. The van der Waals surface area contributed by atoms with Crippen molar-refractivity contribution in [2.75, 3.05) is 39.3 Å². The van der Waals surface area contributed by atoms with Crippen LogP contribution in [-0.2, 0) is 16.7 Å². The van der Waals surface area contributed by atoms with E-state index in [1.807, 2.05) is 61.7 Å². The van der Waals surface area contributed by atoms with Gasteiger partial charge in [0.1, 0.15) is 41.0 Å². The summed E-state index contributed by atoms with van der Waals surface area (Å²) in [4.78, 5) is 30.5. The fraction of sp³-hybridized carbons (Fsp3) is 0.424. The number of aromatic nitrogens is 4. The Morgan fingerprint density at radius 1 is 1.07 bits per heavy atom. The summed E-state index contributed by atoms with van der Waals surface area (Å²) in [6.07, 6.45) is 2.80. The van der Waals surface area contributed by atoms with Crippen LogP contribution in [0, 0.1) is 11.3 Å². The number of ether oxygens (including phenoxy) is 2. The lowest BCUT2D eigenvalue weighted by molar-refractivity contribution is 0.0137. The van der Waals surface area contributed by atoms with Gasteiger partial charge in [0.25, 0.3) is 0 Å². The van der Waals surface area contributed by atoms with Crippen LogP contribution in [0.4, 0.5) is 4.79 Å². The molecule has 2 aromatic carbocycles. The number of rotatable bonds is 8. The average molecular weight is 614 g/mol. The Morgan fingerprint density at radius 2 is 1.82 bits per heavy atom. The molecule has 10 nitrogen and oxygen atoms in total. The Bertz CT molecular complexity index is 1700. The molecule has 0 radical (unpaired) electrons. The lowest BCUT2D eigenvalue weighted by Gasteiger charge is -2.35. The molecule has 0 bridgehead atoms. The molecule has 1 amide bonds. The third-order valence-electron chi connectivity index (χ3n) is 8.01. The summed E-state index contributed by atoms with van der Waals surface area (Å²) < 4.78 is 13.6. The number of nitrogens with zero attached hydrogens (tertiary/aromatic N) is 7. The number of halogens is 1. The van der Waals surface area contributed by atoms with E-state index in [1.165, 1.54) is 6.33 Å². The van der Waals surface area contributed by atoms with Crippen LogP contribution in [0.2, 0.25) is 5.02 Å². The van der Waals surface area contributed by atoms with Crippen LogP contribution in [0.1, 0.15) is 44.9 Å². The summed E-state index contributed by atoms with van der Waals surface area (Å²) >= 11 is 6.87. The molecule has 2 aromatic heterocycles. The lowest BCUT2D eigenvalue weighted by Crippen LogP contribution is -2.50. The zero-order valence-electron chi connectivity index (χ0n) is 25.3. The van der Waals surface area contributed by atoms with E-state index in [9.17, 15) is 10.1 Å². The van der Waals surface area contributed by atoms with Crippen LogP contribution >= 0.6 is 11.6 Å². The second kappa shape index (κ2) is 12.1. The molecular formula is C33H36ClN7O3. The van der Waals surface area contributed by atoms with Crippen LogP contribution in [-0.4, -0.2) is 80.3 Å². The van der Waals surface area contributed by atoms with E-state index < -0.39 is 11.0 Å². The van der Waals surface area contributed by atoms with E-state index in [0.29, 0.717) is 59.7 Å². The van der Waals surface area contributed by atoms with Crippen molar-refractivity contribution in [2.24, 2.45) is 0 Å². The Kier molecular flexibility index (Phi) is 8.18. The highest BCUT2D eigenvalue weighted by atomic mass is 35.5. The van der Waals surface area contributed by atoms with Crippen LogP contribution in [0.25, 0.3) is 22.6 Å². The summed E-state index contributed by atoms with van der Waals surface area (Å²) in [6.45, 7) is 10.2. The summed E-state index contributed by atoms with van der Waals surface area (Å²) in [5.41, 5.74) is 2.74. The summed E-state index contributed by atoms with van der Waals surface area (Å²) in [7, 11) is 0. The fourth-order valence-electron chi connectivity index (χ4n) is 5.47. The number of piperazine rings is 1. The Hall–Kier alpha value is -4.20. The number of carbonyl (C=O) groups excluding carboxylic acids is 1. The summed E-state index contributed by atoms with van der Waals surface area (Å²) in [5.74, 6) is 1.33. The molecule has 2 aliphatic rings. The Labute approximate surface area is 262 Å². The van der Waals surface area contributed by atoms with E-state index in [-0.39, 0.29) is 6.09 Å². The molecule has 0 atom stereocenters. The highest BCUT2D eigenvalue weighted by Gasteiger charge is 2.48. The van der Waals surface area contributed by atoms with Crippen molar-refractivity contribution in [3.63, 3.8) is 0 Å². The predicted octanol–water partition coefficient (Wildman–Crippen LogP) is 5.68. The molecule has 228 valence electrons. The minimum absolute atomic E-state index is 0.263. The third-order valence-corrected chi connectivity index (χ3v) is 8.33. The maximum Gasteiger partial charge on any atom is 0.410 e. The standard InChI is InChI=1S/C33H36ClN7O3/c1-32(2,3)44-31(42)40-15-13-39(14-16-40)17-18-43-24-9-10-25(26(34)19-24)29-38-27-28(33(21-35)11-12-33)36-22-37-30(27)41(29)20-23-7-5-4-6-8-23/h4-10,19,22H,11-18,20H2,1-3H3. The number of hydrogen-bond acceptors (Lipinski definition) is 8. The molecule has 1 aliphatic heterocycles. The van der Waals surface area contributed by atoms with E-state index in [0.717, 1.165) is 43.6 Å². The summed E-state index contributed by atoms with van der Waals surface area (Å²) in [5, 5.41) is 10.4. The average Bonchev–Trinajstić information content (AvgIpc) is 3.73. The molecule has 11 heteroatoms. The maximum absolute atomic E-state index is 12.3. The van der Waals surface area contributed by atoms with Gasteiger partial charge in [0.2, 0.25) is 0 Å². The first-order valence-electron chi connectivity index (χ1n) is 15.0. The molecule has 0 N–H and O–H groups in total. The molecule has 0 spiro atoms. The van der Waals surface area contributed by atoms with Crippen molar-refractivity contribution in [3.05, 3.63) is 71.1 Å². The van der Waals surface area contributed by atoms with Gasteiger partial charge in [-0.25, -0.2) is 19.7 Å². The van der Waals surface area contributed by atoms with Gasteiger partial charge in [-0.3, -0.25) is 4.90 Å². The summed E-state index contributed by atoms with van der Waals surface area (Å²) in [6, 6.07) is 18.2. The smallest absolute Gasteiger partial charge is 0.410 e. The van der Waals surface area contributed by atoms with Crippen LogP contribution in [0.15, 0.2) is 54.9 Å². The molecule has 6 rings (SSSR count). The molecule has 44 heavy (non-hydrogen) atoms. The first-order chi connectivity index (χ1) is 21.2. The minimum Gasteiger partial charge on any atom is -0.492 e. The van der Waals surface area contributed by atoms with Gasteiger partial charge in [-0.05, 0) is 57.4 Å². The number of hydrogen-bond donors (Lipinski definition) is 0. The highest BCUT2D eigenvalue weighted by Crippen LogP contribution is 2.48. The van der Waals surface area contributed by atoms with Crippen molar-refractivity contribution < 1.29 is 14.3 Å². The van der Waals surface area contributed by atoms with Gasteiger partial charge in [-0.15, -0.1) is 0 Å². The number of imidazole rings is 1. The van der Waals surface area contributed by atoms with E-state index in [4.69, 9.17) is 26.1 Å². The molecule has 3 heterocycles. The van der Waals surface area contributed by atoms with E-state index >= 15 is 0 Å². The topological polar surface area (TPSA) is 109 Å². The molecule has 2 fully saturated rings. The first kappa shape index (κ1) is 29.9. The Balaban J connectivity index is 1.17. The molecule has 0 unspecified atom stereocenters. The molecule has 1 saturated heterocycles. The highest BCUT2D eigenvalue weighted by molar-refractivity contribution is 6.33. The second-order valence-corrected chi connectivity index (χ2v) is 12.8. The molecule has 1 aliphatic carbocycles. The quantitative estimate of drug-likeness (QED) is 0.250. The Morgan fingerprint density at radius 3 is 2.48 bits per heavy atom. The van der Waals surface area contributed by atoms with Gasteiger partial charge in [0.15, 0.2) is 5.65 Å². The van der Waals surface area contributed by atoms with Gasteiger partial charge in [-0.2, -0.15) is 5.26 Å². The van der Waals surface area contributed by atoms with Crippen LogP contribution in [0.3, 0.4) is 0 Å². The zero-order chi connectivity index (χ0) is 30.9. The van der Waals surface area contributed by atoms with Crippen molar-refractivity contribution in [1.29, 1.82) is 5.26 Å². The van der Waals surface area contributed by atoms with Crippen LogP contribution < -0.4 is 4.74 Å². The van der Waals surface area contributed by atoms with Crippen molar-refractivity contribution in [1.82, 2.24) is 29.3 Å². The number of benzene rings is 2. The minimum atomic E-state index is -0.603.